The fraction of sp³-hybridized carbons (Fsp3) is 0.258. The van der Waals surface area contributed by atoms with Crippen LogP contribution in [0.3, 0.4) is 0 Å². The molecule has 1 atom stereocenters. The topological polar surface area (TPSA) is 67.2 Å². The van der Waals surface area contributed by atoms with E-state index in [2.05, 4.69) is 5.32 Å². The Balaban J connectivity index is 1.63. The average Bonchev–Trinajstić information content (AvgIpc) is 3.68. The minimum absolute atomic E-state index is 0.108. The highest BCUT2D eigenvalue weighted by molar-refractivity contribution is 8.00. The van der Waals surface area contributed by atoms with Gasteiger partial charge in [0.1, 0.15) is 18.2 Å². The van der Waals surface area contributed by atoms with Crippen molar-refractivity contribution >= 4 is 29.4 Å². The fourth-order valence-electron chi connectivity index (χ4n) is 5.04. The van der Waals surface area contributed by atoms with Crippen LogP contribution in [0.1, 0.15) is 40.3 Å². The smallest absolute Gasteiger partial charge is 0.240 e. The van der Waals surface area contributed by atoms with Crippen molar-refractivity contribution in [1.82, 2.24) is 15.1 Å². The lowest BCUT2D eigenvalue weighted by Crippen LogP contribution is -2.43. The molecule has 2 aliphatic rings. The van der Waals surface area contributed by atoms with Gasteiger partial charge >= 0.3 is 0 Å². The summed E-state index contributed by atoms with van der Waals surface area (Å²) in [5, 5.41) is 7.78. The van der Waals surface area contributed by atoms with E-state index in [4.69, 9.17) is 5.10 Å². The number of thioether (sulfide) groups is 1. The third-order valence-electron chi connectivity index (χ3n) is 7.34. The zero-order valence-corrected chi connectivity index (χ0v) is 22.7. The zero-order valence-electron chi connectivity index (χ0n) is 21.9. The molecule has 1 N–H and O–H groups in total. The first-order chi connectivity index (χ1) is 18.9. The van der Waals surface area contributed by atoms with Crippen LogP contribution in [-0.2, 0) is 9.59 Å². The number of hydrogen-bond donors (Lipinski definition) is 1. The normalized spacial score (nSPS) is 17.1. The van der Waals surface area contributed by atoms with Crippen LogP contribution >= 0.6 is 11.8 Å². The highest BCUT2D eigenvalue weighted by Crippen LogP contribution is 2.48. The van der Waals surface area contributed by atoms with E-state index in [1.807, 2.05) is 68.4 Å². The van der Waals surface area contributed by atoms with Crippen molar-refractivity contribution in [2.45, 2.75) is 38.0 Å². The molecule has 1 saturated carbocycles. The second-order valence-corrected chi connectivity index (χ2v) is 11.2. The molecule has 0 radical (unpaired) electrons. The summed E-state index contributed by atoms with van der Waals surface area (Å²) in [4.78, 5) is 28.4. The van der Waals surface area contributed by atoms with Gasteiger partial charge in [0.15, 0.2) is 0 Å². The molecule has 0 saturated heterocycles. The van der Waals surface area contributed by atoms with E-state index < -0.39 is 0 Å². The number of carbonyl (C=O) groups is 2. The summed E-state index contributed by atoms with van der Waals surface area (Å²) in [6, 6.07) is 22.5. The van der Waals surface area contributed by atoms with Crippen LogP contribution in [0.15, 0.2) is 72.8 Å². The van der Waals surface area contributed by atoms with E-state index in [9.17, 15) is 14.0 Å². The SMILES string of the molecule is Cc1cccc(-n2nc(-c3ccccc3)c3c2N(CC(=O)NC2CC2)C(=O)CS[C@H]3c2cccc(F)c2)c1C. The molecule has 8 heteroatoms. The molecule has 0 spiro atoms. The van der Waals surface area contributed by atoms with Crippen LogP contribution in [0.4, 0.5) is 10.2 Å². The molecule has 4 aromatic rings. The number of hydrogen-bond acceptors (Lipinski definition) is 4. The van der Waals surface area contributed by atoms with E-state index in [1.54, 1.807) is 15.6 Å². The van der Waals surface area contributed by atoms with Gasteiger partial charge in [-0.25, -0.2) is 9.07 Å². The van der Waals surface area contributed by atoms with Gasteiger partial charge in [-0.05, 0) is 61.6 Å². The molecule has 6 rings (SSSR count). The number of halogens is 1. The number of benzene rings is 3. The lowest BCUT2D eigenvalue weighted by molar-refractivity contribution is -0.123. The Labute approximate surface area is 231 Å². The number of anilines is 1. The molecule has 0 bridgehead atoms. The van der Waals surface area contributed by atoms with Crippen LogP contribution in [0.5, 0.6) is 0 Å². The molecule has 198 valence electrons. The van der Waals surface area contributed by atoms with Gasteiger partial charge in [0, 0.05) is 17.2 Å². The molecule has 1 fully saturated rings. The quantitative estimate of drug-likeness (QED) is 0.339. The van der Waals surface area contributed by atoms with Crippen molar-refractivity contribution < 1.29 is 14.0 Å². The fourth-order valence-corrected chi connectivity index (χ4v) is 6.23. The first kappa shape index (κ1) is 25.4. The first-order valence-electron chi connectivity index (χ1n) is 13.1. The maximum Gasteiger partial charge on any atom is 0.240 e. The third kappa shape index (κ3) is 4.96. The molecule has 1 aliphatic heterocycles. The summed E-state index contributed by atoms with van der Waals surface area (Å²) >= 11 is 1.44. The summed E-state index contributed by atoms with van der Waals surface area (Å²) in [7, 11) is 0. The van der Waals surface area contributed by atoms with Gasteiger partial charge in [-0.15, -0.1) is 11.8 Å². The molecule has 3 aromatic carbocycles. The van der Waals surface area contributed by atoms with Gasteiger partial charge in [0.05, 0.1) is 22.4 Å². The Hall–Kier alpha value is -3.91. The lowest BCUT2D eigenvalue weighted by Gasteiger charge is -2.24. The van der Waals surface area contributed by atoms with E-state index in [-0.39, 0.29) is 41.2 Å². The van der Waals surface area contributed by atoms with Crippen LogP contribution in [0, 0.1) is 19.7 Å². The predicted octanol–water partition coefficient (Wildman–Crippen LogP) is 5.74. The highest BCUT2D eigenvalue weighted by atomic mass is 32.2. The number of nitrogens with zero attached hydrogens (tertiary/aromatic N) is 3. The molecular formula is C31H29FN4O2S. The predicted molar refractivity (Wildman–Crippen MR) is 153 cm³/mol. The van der Waals surface area contributed by atoms with E-state index >= 15 is 0 Å². The molecule has 0 unspecified atom stereocenters. The minimum Gasteiger partial charge on any atom is -0.352 e. The van der Waals surface area contributed by atoms with Crippen molar-refractivity contribution in [3.63, 3.8) is 0 Å². The number of rotatable bonds is 6. The standard InChI is InChI=1S/C31H29FN4O2S/c1-19-8-6-13-25(20(19)2)36-31-28(29(34-36)21-9-4-3-5-10-21)30(22-11-7-12-23(32)16-22)39-18-27(38)35(31)17-26(37)33-24-14-15-24/h3-13,16,24,30H,14-15,17-18H2,1-2H3,(H,33,37)/t30-/m0/s1. The van der Waals surface area contributed by atoms with Gasteiger partial charge < -0.3 is 5.32 Å². The molecule has 2 heterocycles. The zero-order chi connectivity index (χ0) is 27.1. The van der Waals surface area contributed by atoms with Crippen molar-refractivity contribution in [2.24, 2.45) is 0 Å². The van der Waals surface area contributed by atoms with E-state index in [0.29, 0.717) is 11.5 Å². The number of aromatic nitrogens is 2. The van der Waals surface area contributed by atoms with Gasteiger partial charge in [-0.2, -0.15) is 5.10 Å². The van der Waals surface area contributed by atoms with Gasteiger partial charge in [0.2, 0.25) is 11.8 Å². The Kier molecular flexibility index (Phi) is 6.73. The first-order valence-corrected chi connectivity index (χ1v) is 14.2. The molecular weight excluding hydrogens is 511 g/mol. The number of amides is 2. The molecule has 2 amide bonds. The minimum atomic E-state index is -0.370. The molecule has 6 nitrogen and oxygen atoms in total. The number of fused-ring (bicyclic) bond motifs is 1. The van der Waals surface area contributed by atoms with Crippen LogP contribution in [0.25, 0.3) is 16.9 Å². The highest BCUT2D eigenvalue weighted by Gasteiger charge is 2.38. The molecule has 1 aliphatic carbocycles. The Morgan fingerprint density at radius 1 is 1.05 bits per heavy atom. The average molecular weight is 541 g/mol. The van der Waals surface area contributed by atoms with Crippen LogP contribution in [0.2, 0.25) is 0 Å². The summed E-state index contributed by atoms with van der Waals surface area (Å²) in [6.07, 6.45) is 1.92. The maximum atomic E-state index is 14.5. The van der Waals surface area contributed by atoms with Gasteiger partial charge in [-0.1, -0.05) is 54.6 Å². The largest absolute Gasteiger partial charge is 0.352 e. The number of aryl methyl sites for hydroxylation is 1. The Bertz CT molecular complexity index is 1560. The van der Waals surface area contributed by atoms with Crippen molar-refractivity contribution in [3.05, 3.63) is 101 Å². The number of carbonyl (C=O) groups excluding carboxylic acids is 2. The molecule has 1 aromatic heterocycles. The number of nitrogens with one attached hydrogen (secondary N) is 1. The van der Waals surface area contributed by atoms with Crippen LogP contribution in [-0.4, -0.2) is 39.9 Å². The van der Waals surface area contributed by atoms with Crippen LogP contribution < -0.4 is 10.2 Å². The monoisotopic (exact) mass is 540 g/mol. The lowest BCUT2D eigenvalue weighted by atomic mass is 9.99. The second kappa shape index (κ2) is 10.3. The van der Waals surface area contributed by atoms with E-state index in [0.717, 1.165) is 46.3 Å². The third-order valence-corrected chi connectivity index (χ3v) is 8.59. The summed E-state index contributed by atoms with van der Waals surface area (Å²) in [5.41, 5.74) is 6.08. The van der Waals surface area contributed by atoms with Gasteiger partial charge in [0.25, 0.3) is 0 Å². The molecule has 39 heavy (non-hydrogen) atoms. The Morgan fingerprint density at radius 3 is 2.56 bits per heavy atom. The van der Waals surface area contributed by atoms with Crippen molar-refractivity contribution in [1.29, 1.82) is 0 Å². The maximum absolute atomic E-state index is 14.5. The summed E-state index contributed by atoms with van der Waals surface area (Å²) < 4.78 is 16.3. The van der Waals surface area contributed by atoms with Gasteiger partial charge in [-0.3, -0.25) is 14.5 Å². The van der Waals surface area contributed by atoms with E-state index in [1.165, 1.54) is 23.9 Å². The Morgan fingerprint density at radius 2 is 1.82 bits per heavy atom. The van der Waals surface area contributed by atoms with Crippen molar-refractivity contribution in [3.8, 4) is 16.9 Å². The second-order valence-electron chi connectivity index (χ2n) is 10.2. The summed E-state index contributed by atoms with van der Waals surface area (Å²) in [6.45, 7) is 3.96. The van der Waals surface area contributed by atoms with Crippen molar-refractivity contribution in [2.75, 3.05) is 17.2 Å². The summed E-state index contributed by atoms with van der Waals surface area (Å²) in [5.74, 6) is -0.0156.